The summed E-state index contributed by atoms with van der Waals surface area (Å²) >= 11 is 0. The lowest BCUT2D eigenvalue weighted by Gasteiger charge is -2.17. The highest BCUT2D eigenvalue weighted by atomic mass is 35.5. The topological polar surface area (TPSA) is 96.2 Å². The van der Waals surface area contributed by atoms with Gasteiger partial charge in [0, 0.05) is 6.04 Å². The molecule has 0 aliphatic heterocycles. The molecule has 1 aromatic rings. The van der Waals surface area contributed by atoms with Crippen molar-refractivity contribution in [1.82, 2.24) is 5.32 Å². The van der Waals surface area contributed by atoms with Gasteiger partial charge in [-0.05, 0) is 38.0 Å². The minimum Gasteiger partial charge on any atom is -0.381 e. The van der Waals surface area contributed by atoms with Crippen LogP contribution in [0.25, 0.3) is 0 Å². The van der Waals surface area contributed by atoms with Gasteiger partial charge in [0.1, 0.15) is 5.82 Å². The van der Waals surface area contributed by atoms with Gasteiger partial charge in [0.05, 0.1) is 24.0 Å². The molecule has 1 aromatic carbocycles. The minimum absolute atomic E-state index is 0. The van der Waals surface area contributed by atoms with E-state index in [9.17, 15) is 14.0 Å². The second kappa shape index (κ2) is 11.9. The Morgan fingerprint density at radius 1 is 1.12 bits per heavy atom. The standard InChI is InChI=1S/C16H25FN4O2.2ClH/c1-9(2)15(18)16(23)19-8-14(22)21-12-6-5-11(17)7-13(12)20-10(3)4;;/h5-7,9-10,15,20H,8,18H2,1-4H3,(H,19,23)(H,21,22);2*1H/t15-;;/m0../s1. The van der Waals surface area contributed by atoms with Crippen molar-refractivity contribution < 1.29 is 14.0 Å². The fourth-order valence-electron chi connectivity index (χ4n) is 1.84. The van der Waals surface area contributed by atoms with Crippen LogP contribution in [-0.4, -0.2) is 30.4 Å². The average molecular weight is 397 g/mol. The summed E-state index contributed by atoms with van der Waals surface area (Å²) < 4.78 is 13.3. The lowest BCUT2D eigenvalue weighted by Crippen LogP contribution is -2.46. The Labute approximate surface area is 160 Å². The zero-order chi connectivity index (χ0) is 17.6. The highest BCUT2D eigenvalue weighted by Crippen LogP contribution is 2.23. The normalized spacial score (nSPS) is 11.2. The summed E-state index contributed by atoms with van der Waals surface area (Å²) in [7, 11) is 0. The summed E-state index contributed by atoms with van der Waals surface area (Å²) in [6.07, 6.45) is 0. The van der Waals surface area contributed by atoms with Crippen LogP contribution in [0, 0.1) is 11.7 Å². The van der Waals surface area contributed by atoms with Gasteiger partial charge in [-0.3, -0.25) is 9.59 Å². The van der Waals surface area contributed by atoms with E-state index in [2.05, 4.69) is 16.0 Å². The van der Waals surface area contributed by atoms with Crippen LogP contribution in [0.1, 0.15) is 27.7 Å². The summed E-state index contributed by atoms with van der Waals surface area (Å²) in [5.41, 5.74) is 6.64. The van der Waals surface area contributed by atoms with E-state index in [4.69, 9.17) is 5.73 Å². The van der Waals surface area contributed by atoms with Crippen molar-refractivity contribution in [2.24, 2.45) is 11.7 Å². The van der Waals surface area contributed by atoms with E-state index >= 15 is 0 Å². The van der Waals surface area contributed by atoms with Gasteiger partial charge in [-0.2, -0.15) is 0 Å². The Kier molecular flexibility index (Phi) is 12.2. The predicted molar refractivity (Wildman–Crippen MR) is 104 cm³/mol. The number of nitrogens with two attached hydrogens (primary N) is 1. The largest absolute Gasteiger partial charge is 0.381 e. The van der Waals surface area contributed by atoms with Crippen LogP contribution < -0.4 is 21.7 Å². The van der Waals surface area contributed by atoms with Crippen LogP contribution in [0.2, 0.25) is 0 Å². The lowest BCUT2D eigenvalue weighted by atomic mass is 10.1. The van der Waals surface area contributed by atoms with Gasteiger partial charge in [-0.1, -0.05) is 13.8 Å². The first-order valence-corrected chi connectivity index (χ1v) is 7.60. The Hall–Kier alpha value is -1.57. The molecule has 0 unspecified atom stereocenters. The van der Waals surface area contributed by atoms with Gasteiger partial charge >= 0.3 is 0 Å². The molecule has 0 radical (unpaired) electrons. The molecule has 6 nitrogen and oxygen atoms in total. The molecular formula is C16H27Cl2FN4O2. The minimum atomic E-state index is -0.660. The number of nitrogens with one attached hydrogen (secondary N) is 3. The number of carbonyl (C=O) groups is 2. The van der Waals surface area contributed by atoms with E-state index in [1.54, 1.807) is 0 Å². The van der Waals surface area contributed by atoms with Gasteiger partial charge in [0.15, 0.2) is 0 Å². The molecule has 0 aromatic heterocycles. The summed E-state index contributed by atoms with van der Waals surface area (Å²) in [6, 6.07) is 3.46. The lowest BCUT2D eigenvalue weighted by molar-refractivity contribution is -0.125. The number of rotatable bonds is 7. The summed E-state index contributed by atoms with van der Waals surface area (Å²) in [4.78, 5) is 23.7. The zero-order valence-corrected chi connectivity index (χ0v) is 16.4. The number of benzene rings is 1. The molecule has 1 atom stereocenters. The van der Waals surface area contributed by atoms with E-state index < -0.39 is 17.8 Å². The molecule has 5 N–H and O–H groups in total. The predicted octanol–water partition coefficient (Wildman–Crippen LogP) is 2.53. The quantitative estimate of drug-likeness (QED) is 0.569. The molecule has 25 heavy (non-hydrogen) atoms. The molecule has 2 amide bonds. The molecule has 0 spiro atoms. The first-order chi connectivity index (χ1) is 10.7. The average Bonchev–Trinajstić information content (AvgIpc) is 2.46. The maximum absolute atomic E-state index is 13.3. The molecule has 9 heteroatoms. The van der Waals surface area contributed by atoms with Crippen molar-refractivity contribution in [3.8, 4) is 0 Å². The Balaban J connectivity index is 0. The Morgan fingerprint density at radius 2 is 1.72 bits per heavy atom. The van der Waals surface area contributed by atoms with E-state index in [1.807, 2.05) is 27.7 Å². The number of hydrogen-bond acceptors (Lipinski definition) is 4. The van der Waals surface area contributed by atoms with Gasteiger partial charge < -0.3 is 21.7 Å². The van der Waals surface area contributed by atoms with Crippen LogP contribution in [0.15, 0.2) is 18.2 Å². The number of amides is 2. The van der Waals surface area contributed by atoms with E-state index in [1.165, 1.54) is 18.2 Å². The van der Waals surface area contributed by atoms with Crippen molar-refractivity contribution in [3.63, 3.8) is 0 Å². The third kappa shape index (κ3) is 8.90. The summed E-state index contributed by atoms with van der Waals surface area (Å²) in [6.45, 7) is 7.27. The molecule has 0 heterocycles. The SMILES string of the molecule is CC(C)Nc1cc(F)ccc1NC(=O)CNC(=O)[C@@H](N)C(C)C.Cl.Cl. The van der Waals surface area contributed by atoms with Gasteiger partial charge in [-0.15, -0.1) is 24.8 Å². The number of hydrogen-bond donors (Lipinski definition) is 4. The van der Waals surface area contributed by atoms with Crippen LogP contribution in [0.5, 0.6) is 0 Å². The number of halogens is 3. The number of carbonyl (C=O) groups excluding carboxylic acids is 2. The molecule has 0 bridgehead atoms. The maximum atomic E-state index is 13.3. The van der Waals surface area contributed by atoms with Crippen LogP contribution >= 0.6 is 24.8 Å². The van der Waals surface area contributed by atoms with Crippen molar-refractivity contribution >= 4 is 48.0 Å². The molecule has 1 rings (SSSR count). The Bertz CT molecular complexity index is 571. The third-order valence-electron chi connectivity index (χ3n) is 3.14. The van der Waals surface area contributed by atoms with Gasteiger partial charge in [0.2, 0.25) is 11.8 Å². The first-order valence-electron chi connectivity index (χ1n) is 7.60. The zero-order valence-electron chi connectivity index (χ0n) is 14.8. The monoisotopic (exact) mass is 396 g/mol. The van der Waals surface area contributed by atoms with Crippen molar-refractivity contribution in [3.05, 3.63) is 24.0 Å². The van der Waals surface area contributed by atoms with E-state index in [-0.39, 0.29) is 49.2 Å². The van der Waals surface area contributed by atoms with Gasteiger partial charge in [0.25, 0.3) is 0 Å². The highest BCUT2D eigenvalue weighted by molar-refractivity contribution is 5.97. The Morgan fingerprint density at radius 3 is 2.24 bits per heavy atom. The van der Waals surface area contributed by atoms with Crippen LogP contribution in [-0.2, 0) is 9.59 Å². The summed E-state index contributed by atoms with van der Waals surface area (Å²) in [5.74, 6) is -1.21. The molecule has 0 fully saturated rings. The molecule has 0 saturated carbocycles. The summed E-state index contributed by atoms with van der Waals surface area (Å²) in [5, 5.41) is 8.18. The van der Waals surface area contributed by atoms with E-state index in [0.717, 1.165) is 0 Å². The third-order valence-corrected chi connectivity index (χ3v) is 3.14. The smallest absolute Gasteiger partial charge is 0.243 e. The van der Waals surface area contributed by atoms with Crippen LogP contribution in [0.3, 0.4) is 0 Å². The van der Waals surface area contributed by atoms with Crippen molar-refractivity contribution in [1.29, 1.82) is 0 Å². The van der Waals surface area contributed by atoms with Gasteiger partial charge in [-0.25, -0.2) is 4.39 Å². The second-order valence-electron chi connectivity index (χ2n) is 6.02. The fourth-order valence-corrected chi connectivity index (χ4v) is 1.84. The molecule has 0 aliphatic rings. The second-order valence-corrected chi connectivity index (χ2v) is 6.02. The number of anilines is 2. The van der Waals surface area contributed by atoms with Crippen LogP contribution in [0.4, 0.5) is 15.8 Å². The maximum Gasteiger partial charge on any atom is 0.243 e. The fraction of sp³-hybridized carbons (Fsp3) is 0.500. The first kappa shape index (κ1) is 25.7. The van der Waals surface area contributed by atoms with Crippen molar-refractivity contribution in [2.45, 2.75) is 39.8 Å². The molecule has 0 aliphatic carbocycles. The van der Waals surface area contributed by atoms with Crippen molar-refractivity contribution in [2.75, 3.05) is 17.2 Å². The molecule has 144 valence electrons. The molecule has 0 saturated heterocycles. The molecular weight excluding hydrogens is 370 g/mol. The highest BCUT2D eigenvalue weighted by Gasteiger charge is 2.18. The van der Waals surface area contributed by atoms with E-state index in [0.29, 0.717) is 11.4 Å².